The zero-order valence-corrected chi connectivity index (χ0v) is 18.3. The van der Waals surface area contributed by atoms with Gasteiger partial charge >= 0.3 is 0 Å². The van der Waals surface area contributed by atoms with E-state index in [1.807, 2.05) is 31.3 Å². The van der Waals surface area contributed by atoms with Crippen molar-refractivity contribution in [2.75, 3.05) is 51.8 Å². The lowest BCUT2D eigenvalue weighted by molar-refractivity contribution is -0.122. The number of hydrogen-bond donors (Lipinski definition) is 0. The topological polar surface area (TPSA) is 70.2 Å². The molecule has 0 aliphatic carbocycles. The predicted octanol–water partition coefficient (Wildman–Crippen LogP) is 2.19. The quantitative estimate of drug-likeness (QED) is 0.742. The van der Waals surface area contributed by atoms with Gasteiger partial charge in [-0.1, -0.05) is 36.4 Å². The molecule has 0 fully saturated rings. The van der Waals surface area contributed by atoms with Gasteiger partial charge in [-0.15, -0.1) is 0 Å². The Kier molecular flexibility index (Phi) is 7.60. The van der Waals surface area contributed by atoms with Crippen molar-refractivity contribution in [2.24, 2.45) is 0 Å². The third-order valence-corrected chi connectivity index (χ3v) is 7.09. The number of hydrogen-bond acceptors (Lipinski definition) is 5. The molecular formula is C22H29N3O4S. The van der Waals surface area contributed by atoms with Crippen LogP contribution in [0.3, 0.4) is 0 Å². The molecule has 0 unspecified atom stereocenters. The van der Waals surface area contributed by atoms with E-state index in [4.69, 9.17) is 4.74 Å². The first-order valence-corrected chi connectivity index (χ1v) is 11.5. The molecule has 30 heavy (non-hydrogen) atoms. The van der Waals surface area contributed by atoms with Gasteiger partial charge in [-0.05, 0) is 43.8 Å². The van der Waals surface area contributed by atoms with Gasteiger partial charge in [0, 0.05) is 39.0 Å². The van der Waals surface area contributed by atoms with E-state index in [1.165, 1.54) is 11.4 Å². The number of sulfonamides is 1. The number of para-hydroxylation sites is 1. The first-order chi connectivity index (χ1) is 14.4. The maximum atomic E-state index is 13.4. The summed E-state index contributed by atoms with van der Waals surface area (Å²) >= 11 is 0. The second-order valence-electron chi connectivity index (χ2n) is 7.42. The number of carbonyl (C=O) groups excluding carboxylic acids is 1. The number of methoxy groups -OCH3 is 1. The highest BCUT2D eigenvalue weighted by Crippen LogP contribution is 2.26. The van der Waals surface area contributed by atoms with Gasteiger partial charge in [0.1, 0.15) is 6.61 Å². The summed E-state index contributed by atoms with van der Waals surface area (Å²) in [6.07, 6.45) is 0.783. The van der Waals surface area contributed by atoms with E-state index in [0.29, 0.717) is 19.6 Å². The molecular weight excluding hydrogens is 402 g/mol. The average Bonchev–Trinajstić information content (AvgIpc) is 2.78. The van der Waals surface area contributed by atoms with E-state index in [0.717, 1.165) is 24.2 Å². The molecule has 1 heterocycles. The van der Waals surface area contributed by atoms with Crippen LogP contribution in [0.4, 0.5) is 5.69 Å². The Labute approximate surface area is 178 Å². The molecule has 2 aromatic rings. The second kappa shape index (κ2) is 10.2. The standard InChI is InChI=1S/C22H29N3O4S/c1-23-13-8-14-25(22(26)18-29-2)21-12-7-6-9-19(21)17-24(16-15-23)30(27,28)20-10-4-3-5-11-20/h3-7,9-12H,8,13-18H2,1-2H3. The van der Waals surface area contributed by atoms with Gasteiger partial charge in [0.05, 0.1) is 4.90 Å². The minimum Gasteiger partial charge on any atom is -0.375 e. The number of carbonyl (C=O) groups is 1. The summed E-state index contributed by atoms with van der Waals surface area (Å²) in [6.45, 7) is 2.47. The second-order valence-corrected chi connectivity index (χ2v) is 9.35. The monoisotopic (exact) mass is 431 g/mol. The van der Waals surface area contributed by atoms with Crippen molar-refractivity contribution >= 4 is 21.6 Å². The van der Waals surface area contributed by atoms with Gasteiger partial charge in [-0.25, -0.2) is 8.42 Å². The molecule has 1 amide bonds. The molecule has 7 nitrogen and oxygen atoms in total. The first-order valence-electron chi connectivity index (χ1n) is 10.0. The summed E-state index contributed by atoms with van der Waals surface area (Å²) in [5.74, 6) is -0.135. The van der Waals surface area contributed by atoms with Crippen LogP contribution in [-0.2, 0) is 26.1 Å². The molecule has 0 spiro atoms. The maximum Gasteiger partial charge on any atom is 0.252 e. The number of nitrogens with zero attached hydrogens (tertiary/aromatic N) is 3. The molecule has 0 N–H and O–H groups in total. The van der Waals surface area contributed by atoms with E-state index in [9.17, 15) is 13.2 Å². The van der Waals surface area contributed by atoms with E-state index in [1.54, 1.807) is 35.2 Å². The lowest BCUT2D eigenvalue weighted by Crippen LogP contribution is -2.37. The molecule has 162 valence electrons. The molecule has 1 aliphatic heterocycles. The Hall–Kier alpha value is -2.26. The highest BCUT2D eigenvalue weighted by molar-refractivity contribution is 7.89. The molecule has 0 saturated heterocycles. The third kappa shape index (κ3) is 5.26. The Bertz CT molecular complexity index is 950. The molecule has 8 heteroatoms. The van der Waals surface area contributed by atoms with Crippen LogP contribution in [0, 0.1) is 0 Å². The first kappa shape index (κ1) is 22.4. The minimum atomic E-state index is -3.68. The van der Waals surface area contributed by atoms with Crippen LogP contribution in [0.1, 0.15) is 12.0 Å². The van der Waals surface area contributed by atoms with Gasteiger partial charge in [-0.2, -0.15) is 4.31 Å². The predicted molar refractivity (Wildman–Crippen MR) is 117 cm³/mol. The Morgan fingerprint density at radius 2 is 1.67 bits per heavy atom. The average molecular weight is 432 g/mol. The van der Waals surface area contributed by atoms with Crippen molar-refractivity contribution in [2.45, 2.75) is 17.9 Å². The van der Waals surface area contributed by atoms with Crippen LogP contribution < -0.4 is 4.90 Å². The summed E-state index contributed by atoms with van der Waals surface area (Å²) in [5, 5.41) is 0. The summed E-state index contributed by atoms with van der Waals surface area (Å²) in [6, 6.07) is 16.0. The Morgan fingerprint density at radius 3 is 2.40 bits per heavy atom. The molecule has 2 aromatic carbocycles. The van der Waals surface area contributed by atoms with Crippen LogP contribution in [0.15, 0.2) is 59.5 Å². The fourth-order valence-corrected chi connectivity index (χ4v) is 5.03. The fraction of sp³-hybridized carbons (Fsp3) is 0.409. The highest BCUT2D eigenvalue weighted by atomic mass is 32.2. The highest BCUT2D eigenvalue weighted by Gasteiger charge is 2.27. The van der Waals surface area contributed by atoms with Crippen molar-refractivity contribution in [3.63, 3.8) is 0 Å². The normalized spacial score (nSPS) is 17.2. The number of anilines is 1. The fourth-order valence-electron chi connectivity index (χ4n) is 3.60. The van der Waals surface area contributed by atoms with Crippen molar-refractivity contribution < 1.29 is 17.9 Å². The summed E-state index contributed by atoms with van der Waals surface area (Å²) < 4.78 is 33.3. The van der Waals surface area contributed by atoms with E-state index in [-0.39, 0.29) is 24.0 Å². The lowest BCUT2D eigenvalue weighted by atomic mass is 10.1. The van der Waals surface area contributed by atoms with Crippen LogP contribution in [0.2, 0.25) is 0 Å². The van der Waals surface area contributed by atoms with Crippen molar-refractivity contribution in [1.29, 1.82) is 0 Å². The van der Waals surface area contributed by atoms with Crippen molar-refractivity contribution in [1.82, 2.24) is 9.21 Å². The minimum absolute atomic E-state index is 0.0177. The molecule has 0 atom stereocenters. The van der Waals surface area contributed by atoms with Gasteiger partial charge in [0.15, 0.2) is 0 Å². The van der Waals surface area contributed by atoms with E-state index < -0.39 is 10.0 Å². The summed E-state index contributed by atoms with van der Waals surface area (Å²) in [4.78, 5) is 16.8. The zero-order chi connectivity index (χ0) is 21.6. The maximum absolute atomic E-state index is 13.4. The number of amides is 1. The summed E-state index contributed by atoms with van der Waals surface area (Å²) in [5.41, 5.74) is 1.53. The number of benzene rings is 2. The molecule has 0 radical (unpaired) electrons. The van der Waals surface area contributed by atoms with E-state index >= 15 is 0 Å². The van der Waals surface area contributed by atoms with E-state index in [2.05, 4.69) is 4.90 Å². The smallest absolute Gasteiger partial charge is 0.252 e. The van der Waals surface area contributed by atoms with Gasteiger partial charge in [-0.3, -0.25) is 4.79 Å². The molecule has 0 saturated carbocycles. The largest absolute Gasteiger partial charge is 0.375 e. The third-order valence-electron chi connectivity index (χ3n) is 5.23. The van der Waals surface area contributed by atoms with Crippen LogP contribution >= 0.6 is 0 Å². The van der Waals surface area contributed by atoms with Gasteiger partial charge in [0.2, 0.25) is 10.0 Å². The number of rotatable bonds is 4. The van der Waals surface area contributed by atoms with Crippen LogP contribution in [0.25, 0.3) is 0 Å². The zero-order valence-electron chi connectivity index (χ0n) is 17.5. The van der Waals surface area contributed by atoms with Crippen LogP contribution in [0.5, 0.6) is 0 Å². The van der Waals surface area contributed by atoms with Crippen LogP contribution in [-0.4, -0.2) is 70.5 Å². The number of fused-ring (bicyclic) bond motifs is 1. The lowest BCUT2D eigenvalue weighted by Gasteiger charge is -2.27. The summed E-state index contributed by atoms with van der Waals surface area (Å²) in [7, 11) is -0.207. The molecule has 3 rings (SSSR count). The Morgan fingerprint density at radius 1 is 0.967 bits per heavy atom. The number of likely N-dealkylation sites (N-methyl/N-ethyl adjacent to an activating group) is 1. The molecule has 0 bridgehead atoms. The van der Waals surface area contributed by atoms with Crippen molar-refractivity contribution in [3.05, 3.63) is 60.2 Å². The Balaban J connectivity index is 2.02. The van der Waals surface area contributed by atoms with Crippen molar-refractivity contribution in [3.8, 4) is 0 Å². The molecule has 1 aliphatic rings. The molecule has 0 aromatic heterocycles. The van der Waals surface area contributed by atoms with Gasteiger partial charge in [0.25, 0.3) is 5.91 Å². The number of ether oxygens (including phenoxy) is 1. The van der Waals surface area contributed by atoms with Gasteiger partial charge < -0.3 is 14.5 Å². The SMILES string of the molecule is COCC(=O)N1CCCN(C)CCN(S(=O)(=O)c2ccccc2)Cc2ccccc21.